The zero-order chi connectivity index (χ0) is 14.5. The minimum Gasteiger partial charge on any atom is -0.494 e. The Hall–Kier alpha value is -1.36. The van der Waals surface area contributed by atoms with Gasteiger partial charge in [-0.2, -0.15) is 12.6 Å². The fourth-order valence-electron chi connectivity index (χ4n) is 2.38. The van der Waals surface area contributed by atoms with E-state index >= 15 is 0 Å². The molecule has 1 atom stereocenters. The molecule has 4 nitrogen and oxygen atoms in total. The summed E-state index contributed by atoms with van der Waals surface area (Å²) in [7, 11) is 0. The normalized spacial score (nSPS) is 18.4. The van der Waals surface area contributed by atoms with Crippen LogP contribution >= 0.6 is 12.6 Å². The number of anilines is 1. The summed E-state index contributed by atoms with van der Waals surface area (Å²) >= 11 is 4.30. The van der Waals surface area contributed by atoms with E-state index in [9.17, 15) is 4.79 Å². The fraction of sp³-hybridized carbons (Fsp3) is 0.533. The largest absolute Gasteiger partial charge is 0.494 e. The van der Waals surface area contributed by atoms with E-state index < -0.39 is 0 Å². The number of nitrogens with zero attached hydrogens (tertiary/aromatic N) is 1. The van der Waals surface area contributed by atoms with Crippen molar-refractivity contribution in [3.05, 3.63) is 18.2 Å². The van der Waals surface area contributed by atoms with Crippen molar-refractivity contribution in [1.82, 2.24) is 0 Å². The lowest BCUT2D eigenvalue weighted by Gasteiger charge is -2.21. The fourth-order valence-corrected chi connectivity index (χ4v) is 2.62. The Morgan fingerprint density at radius 3 is 2.65 bits per heavy atom. The molecule has 1 aliphatic heterocycles. The molecule has 0 N–H and O–H groups in total. The van der Waals surface area contributed by atoms with Crippen LogP contribution in [0.4, 0.5) is 5.69 Å². The number of carbonyl (C=O) groups is 1. The molecule has 1 saturated heterocycles. The van der Waals surface area contributed by atoms with Crippen molar-refractivity contribution in [1.29, 1.82) is 0 Å². The lowest BCUT2D eigenvalue weighted by molar-refractivity contribution is -0.117. The van der Waals surface area contributed by atoms with Gasteiger partial charge in [0.25, 0.3) is 0 Å². The number of thiol groups is 1. The Bertz CT molecular complexity index is 478. The van der Waals surface area contributed by atoms with Gasteiger partial charge in [0.2, 0.25) is 5.91 Å². The second kappa shape index (κ2) is 6.88. The van der Waals surface area contributed by atoms with Crippen LogP contribution in [0.15, 0.2) is 18.2 Å². The highest BCUT2D eigenvalue weighted by molar-refractivity contribution is 7.80. The Morgan fingerprint density at radius 1 is 1.30 bits per heavy atom. The van der Waals surface area contributed by atoms with Crippen LogP contribution < -0.4 is 14.4 Å². The predicted molar refractivity (Wildman–Crippen MR) is 83.1 cm³/mol. The van der Waals surface area contributed by atoms with Crippen molar-refractivity contribution >= 4 is 24.2 Å². The summed E-state index contributed by atoms with van der Waals surface area (Å²) < 4.78 is 11.2. The van der Waals surface area contributed by atoms with Gasteiger partial charge in [0.15, 0.2) is 0 Å². The Balaban J connectivity index is 2.31. The first-order valence-corrected chi connectivity index (χ1v) is 7.63. The zero-order valence-electron chi connectivity index (χ0n) is 12.0. The minimum absolute atomic E-state index is 0.124. The van der Waals surface area contributed by atoms with Crippen molar-refractivity contribution in [2.75, 3.05) is 30.4 Å². The van der Waals surface area contributed by atoms with Crippen molar-refractivity contribution in [2.45, 2.75) is 20.3 Å². The first kappa shape index (κ1) is 15.0. The van der Waals surface area contributed by atoms with Crippen LogP contribution in [0.25, 0.3) is 0 Å². The summed E-state index contributed by atoms with van der Waals surface area (Å²) in [4.78, 5) is 14.0. The van der Waals surface area contributed by atoms with Crippen molar-refractivity contribution < 1.29 is 14.3 Å². The van der Waals surface area contributed by atoms with E-state index in [1.165, 1.54) is 0 Å². The molecule has 5 heteroatoms. The van der Waals surface area contributed by atoms with Crippen LogP contribution in [0.1, 0.15) is 20.3 Å². The summed E-state index contributed by atoms with van der Waals surface area (Å²) in [6.07, 6.45) is 0.550. The van der Waals surface area contributed by atoms with Gasteiger partial charge >= 0.3 is 0 Å². The maximum atomic E-state index is 12.2. The first-order valence-electron chi connectivity index (χ1n) is 7.00. The molecular formula is C15H21NO3S. The van der Waals surface area contributed by atoms with Gasteiger partial charge in [0, 0.05) is 19.0 Å². The van der Waals surface area contributed by atoms with Crippen LogP contribution in [-0.2, 0) is 4.79 Å². The third kappa shape index (κ3) is 3.20. The lowest BCUT2D eigenvalue weighted by Crippen LogP contribution is -2.25. The van der Waals surface area contributed by atoms with Gasteiger partial charge in [0.1, 0.15) is 11.5 Å². The highest BCUT2D eigenvalue weighted by atomic mass is 32.1. The summed E-state index contributed by atoms with van der Waals surface area (Å²) in [5.41, 5.74) is 0.798. The van der Waals surface area contributed by atoms with Crippen LogP contribution in [-0.4, -0.2) is 31.4 Å². The molecule has 0 aromatic heterocycles. The van der Waals surface area contributed by atoms with Crippen LogP contribution in [0, 0.1) is 5.92 Å². The maximum Gasteiger partial charge on any atom is 0.227 e. The molecule has 0 spiro atoms. The number of hydrogen-bond donors (Lipinski definition) is 1. The summed E-state index contributed by atoms with van der Waals surface area (Å²) in [5, 5.41) is 0. The molecule has 20 heavy (non-hydrogen) atoms. The van der Waals surface area contributed by atoms with Gasteiger partial charge in [-0.3, -0.25) is 4.79 Å². The van der Waals surface area contributed by atoms with Gasteiger partial charge in [0.05, 0.1) is 18.9 Å². The van der Waals surface area contributed by atoms with Gasteiger partial charge in [-0.1, -0.05) is 0 Å². The van der Waals surface area contributed by atoms with E-state index in [1.54, 1.807) is 4.90 Å². The van der Waals surface area contributed by atoms with E-state index in [2.05, 4.69) is 12.6 Å². The molecule has 1 unspecified atom stereocenters. The molecule has 0 saturated carbocycles. The summed E-state index contributed by atoms with van der Waals surface area (Å²) in [5.74, 6) is 2.63. The van der Waals surface area contributed by atoms with E-state index in [-0.39, 0.29) is 5.91 Å². The number of hydrogen-bond acceptors (Lipinski definition) is 4. The Labute approximate surface area is 125 Å². The molecule has 0 radical (unpaired) electrons. The highest BCUT2D eigenvalue weighted by Crippen LogP contribution is 2.36. The van der Waals surface area contributed by atoms with E-state index in [0.29, 0.717) is 32.1 Å². The molecule has 1 fully saturated rings. The highest BCUT2D eigenvalue weighted by Gasteiger charge is 2.31. The second-order valence-corrected chi connectivity index (χ2v) is 5.12. The standard InChI is InChI=1S/C15H21NO3S/c1-3-18-12-5-6-14(19-4-2)13(8-12)16-9-11(10-20)7-15(16)17/h5-6,8,11,20H,3-4,7,9-10H2,1-2H3. The molecule has 2 rings (SSSR count). The molecule has 1 aliphatic rings. The van der Waals surface area contributed by atoms with Crippen molar-refractivity contribution in [2.24, 2.45) is 5.92 Å². The maximum absolute atomic E-state index is 12.2. The third-order valence-electron chi connectivity index (χ3n) is 3.30. The van der Waals surface area contributed by atoms with E-state index in [4.69, 9.17) is 9.47 Å². The molecule has 0 bridgehead atoms. The first-order chi connectivity index (χ1) is 9.69. The topological polar surface area (TPSA) is 38.8 Å². The average molecular weight is 295 g/mol. The molecular weight excluding hydrogens is 274 g/mol. The lowest BCUT2D eigenvalue weighted by atomic mass is 10.1. The van der Waals surface area contributed by atoms with Crippen LogP contribution in [0.5, 0.6) is 11.5 Å². The molecule has 1 heterocycles. The number of carbonyl (C=O) groups excluding carboxylic acids is 1. The van der Waals surface area contributed by atoms with Gasteiger partial charge in [-0.15, -0.1) is 0 Å². The number of ether oxygens (including phenoxy) is 2. The molecule has 1 aromatic rings. The molecule has 110 valence electrons. The van der Waals surface area contributed by atoms with Crippen molar-refractivity contribution in [3.63, 3.8) is 0 Å². The molecule has 1 amide bonds. The zero-order valence-corrected chi connectivity index (χ0v) is 12.9. The van der Waals surface area contributed by atoms with Gasteiger partial charge < -0.3 is 14.4 Å². The minimum atomic E-state index is 0.124. The van der Waals surface area contributed by atoms with Crippen molar-refractivity contribution in [3.8, 4) is 11.5 Å². The quantitative estimate of drug-likeness (QED) is 0.820. The second-order valence-electron chi connectivity index (χ2n) is 4.75. The van der Waals surface area contributed by atoms with E-state index in [0.717, 1.165) is 22.9 Å². The van der Waals surface area contributed by atoms with Gasteiger partial charge in [-0.05, 0) is 37.7 Å². The Kier molecular flexibility index (Phi) is 5.17. The smallest absolute Gasteiger partial charge is 0.227 e. The van der Waals surface area contributed by atoms with Crippen LogP contribution in [0.3, 0.4) is 0 Å². The molecule has 1 aromatic carbocycles. The number of rotatable bonds is 6. The summed E-state index contributed by atoms with van der Waals surface area (Å²) in [6, 6.07) is 5.62. The average Bonchev–Trinajstić information content (AvgIpc) is 2.82. The third-order valence-corrected chi connectivity index (χ3v) is 3.81. The van der Waals surface area contributed by atoms with Crippen LogP contribution in [0.2, 0.25) is 0 Å². The monoisotopic (exact) mass is 295 g/mol. The Morgan fingerprint density at radius 2 is 2.05 bits per heavy atom. The number of benzene rings is 1. The predicted octanol–water partition coefficient (Wildman–Crippen LogP) is 2.77. The van der Waals surface area contributed by atoms with E-state index in [1.807, 2.05) is 32.0 Å². The number of amides is 1. The van der Waals surface area contributed by atoms with Gasteiger partial charge in [-0.25, -0.2) is 0 Å². The SMILES string of the molecule is CCOc1ccc(OCC)c(N2CC(CS)CC2=O)c1. The molecule has 0 aliphatic carbocycles. The summed E-state index contributed by atoms with van der Waals surface area (Å²) in [6.45, 7) is 5.73.